The topological polar surface area (TPSA) is 116 Å². The van der Waals surface area contributed by atoms with Crippen LogP contribution in [-0.4, -0.2) is 55.3 Å². The summed E-state index contributed by atoms with van der Waals surface area (Å²) in [6.07, 6.45) is 2.61. The molecule has 4 N–H and O–H groups in total. The van der Waals surface area contributed by atoms with Gasteiger partial charge in [-0.15, -0.1) is 0 Å². The molecule has 1 aliphatic heterocycles. The number of hydrogen-bond acceptors (Lipinski definition) is 8. The van der Waals surface area contributed by atoms with Crippen LogP contribution in [-0.2, 0) is 6.61 Å². The van der Waals surface area contributed by atoms with Gasteiger partial charge in [-0.25, -0.2) is 4.68 Å². The molecule has 176 valence electrons. The van der Waals surface area contributed by atoms with Gasteiger partial charge in [0.15, 0.2) is 0 Å². The molecule has 0 saturated carbocycles. The van der Waals surface area contributed by atoms with Crippen molar-refractivity contribution in [1.29, 1.82) is 0 Å². The Morgan fingerprint density at radius 3 is 2.58 bits per heavy atom. The molecule has 3 heterocycles. The summed E-state index contributed by atoms with van der Waals surface area (Å²) in [5.41, 5.74) is 3.75. The van der Waals surface area contributed by atoms with E-state index in [2.05, 4.69) is 22.3 Å². The van der Waals surface area contributed by atoms with Crippen LogP contribution in [0, 0.1) is 0 Å². The minimum atomic E-state index is -3.06. The van der Waals surface area contributed by atoms with E-state index in [9.17, 15) is 15.3 Å². The molecule has 1 aromatic carbocycles. The Hall–Kier alpha value is -2.98. The van der Waals surface area contributed by atoms with Gasteiger partial charge >= 0.3 is 6.10 Å². The smallest absolute Gasteiger partial charge is 0.371 e. The molecule has 4 rings (SSSR count). The van der Waals surface area contributed by atoms with Crippen LogP contribution < -0.4 is 15.0 Å². The van der Waals surface area contributed by atoms with Crippen LogP contribution in [0.1, 0.15) is 38.7 Å². The molecule has 9 nitrogen and oxygen atoms in total. The molecule has 0 spiro atoms. The van der Waals surface area contributed by atoms with Crippen LogP contribution in [0.4, 0.5) is 5.82 Å². The first-order valence-corrected chi connectivity index (χ1v) is 11.3. The minimum absolute atomic E-state index is 0.157. The predicted octanol–water partition coefficient (Wildman–Crippen LogP) is 2.39. The number of nitrogens with one attached hydrogen (secondary N) is 1. The minimum Gasteiger partial charge on any atom is -0.472 e. The second-order valence-electron chi connectivity index (χ2n) is 8.26. The van der Waals surface area contributed by atoms with Gasteiger partial charge in [0.1, 0.15) is 12.4 Å². The number of nitrogens with zero attached hydrogens (tertiary/aromatic N) is 4. The van der Waals surface area contributed by atoms with Crippen LogP contribution in [0.15, 0.2) is 48.8 Å². The fraction of sp³-hybridized carbons (Fsp3) is 0.417. The molecule has 0 saturated heterocycles. The molecule has 33 heavy (non-hydrogen) atoms. The Balaban J connectivity index is 1.68. The largest absolute Gasteiger partial charge is 0.472 e. The Morgan fingerprint density at radius 2 is 1.94 bits per heavy atom. The maximum absolute atomic E-state index is 10.2. The van der Waals surface area contributed by atoms with E-state index in [0.29, 0.717) is 25.3 Å². The van der Waals surface area contributed by atoms with Crippen molar-refractivity contribution in [3.05, 3.63) is 54.4 Å². The zero-order valence-electron chi connectivity index (χ0n) is 19.1. The molecule has 1 aliphatic rings. The van der Waals surface area contributed by atoms with Gasteiger partial charge in [-0.2, -0.15) is 10.1 Å². The molecule has 2 unspecified atom stereocenters. The van der Waals surface area contributed by atoms with E-state index in [4.69, 9.17) is 4.74 Å². The number of hydrogen-bond donors (Lipinski definition) is 4. The first-order chi connectivity index (χ1) is 15.9. The van der Waals surface area contributed by atoms with Crippen molar-refractivity contribution in [1.82, 2.24) is 20.1 Å². The van der Waals surface area contributed by atoms with Gasteiger partial charge in [0.2, 0.25) is 5.88 Å². The molecule has 9 heteroatoms. The van der Waals surface area contributed by atoms with Crippen LogP contribution >= 0.6 is 0 Å². The number of rotatable bonds is 9. The first-order valence-electron chi connectivity index (χ1n) is 11.3. The van der Waals surface area contributed by atoms with Gasteiger partial charge in [-0.1, -0.05) is 19.9 Å². The monoisotopic (exact) mass is 453 g/mol. The summed E-state index contributed by atoms with van der Waals surface area (Å²) in [5, 5.41) is 38.1. The van der Waals surface area contributed by atoms with Gasteiger partial charge in [0.05, 0.1) is 5.69 Å². The summed E-state index contributed by atoms with van der Waals surface area (Å²) >= 11 is 0. The van der Waals surface area contributed by atoms with E-state index in [1.165, 1.54) is 0 Å². The molecule has 3 aromatic rings. The summed E-state index contributed by atoms with van der Waals surface area (Å²) in [7, 11) is 1.87. The van der Waals surface area contributed by atoms with Crippen molar-refractivity contribution in [2.45, 2.75) is 57.9 Å². The normalized spacial score (nSPS) is 14.7. The average molecular weight is 454 g/mol. The third-order valence-corrected chi connectivity index (χ3v) is 6.22. The van der Waals surface area contributed by atoms with Crippen molar-refractivity contribution in [3.63, 3.8) is 0 Å². The number of fused-ring (bicyclic) bond motifs is 3. The predicted molar refractivity (Wildman–Crippen MR) is 125 cm³/mol. The van der Waals surface area contributed by atoms with E-state index in [-0.39, 0.29) is 17.9 Å². The van der Waals surface area contributed by atoms with Crippen molar-refractivity contribution in [2.24, 2.45) is 0 Å². The fourth-order valence-electron chi connectivity index (χ4n) is 4.41. The molecule has 0 aliphatic carbocycles. The van der Waals surface area contributed by atoms with Crippen molar-refractivity contribution in [3.8, 4) is 22.7 Å². The average Bonchev–Trinajstić information content (AvgIpc) is 3.35. The highest BCUT2D eigenvalue weighted by Crippen LogP contribution is 2.39. The molecular weight excluding hydrogens is 422 g/mol. The lowest BCUT2D eigenvalue weighted by atomic mass is 9.98. The van der Waals surface area contributed by atoms with E-state index < -0.39 is 6.10 Å². The highest BCUT2D eigenvalue weighted by Gasteiger charge is 2.37. The second kappa shape index (κ2) is 9.48. The number of pyridine rings is 1. The zero-order valence-corrected chi connectivity index (χ0v) is 19.1. The van der Waals surface area contributed by atoms with E-state index in [1.807, 2.05) is 50.5 Å². The van der Waals surface area contributed by atoms with Crippen LogP contribution in [0.25, 0.3) is 16.8 Å². The van der Waals surface area contributed by atoms with Crippen molar-refractivity contribution < 1.29 is 20.1 Å². The Labute approximate surface area is 193 Å². The third kappa shape index (κ3) is 4.72. The van der Waals surface area contributed by atoms with E-state index in [0.717, 1.165) is 33.7 Å². The molecule has 0 fully saturated rings. The Kier molecular flexibility index (Phi) is 6.66. The van der Waals surface area contributed by atoms with Crippen molar-refractivity contribution in [2.75, 3.05) is 11.9 Å². The van der Waals surface area contributed by atoms with E-state index in [1.54, 1.807) is 16.9 Å². The Morgan fingerprint density at radius 1 is 1.15 bits per heavy atom. The number of benzene rings is 1. The van der Waals surface area contributed by atoms with E-state index >= 15 is 0 Å². The first kappa shape index (κ1) is 23.2. The maximum Gasteiger partial charge on any atom is 0.371 e. The number of ether oxygens (including phenoxy) is 1. The summed E-state index contributed by atoms with van der Waals surface area (Å²) in [4.78, 5) is 5.71. The molecule has 2 aromatic heterocycles. The summed E-state index contributed by atoms with van der Waals surface area (Å²) in [6, 6.07) is 11.2. The highest BCUT2D eigenvalue weighted by molar-refractivity contribution is 5.75. The van der Waals surface area contributed by atoms with Gasteiger partial charge in [0.25, 0.3) is 0 Å². The lowest BCUT2D eigenvalue weighted by molar-refractivity contribution is -0.313. The Bertz CT molecular complexity index is 1080. The van der Waals surface area contributed by atoms with Crippen LogP contribution in [0.5, 0.6) is 5.88 Å². The summed E-state index contributed by atoms with van der Waals surface area (Å²) < 4.78 is 7.73. The second-order valence-corrected chi connectivity index (χ2v) is 8.26. The lowest BCUT2D eigenvalue weighted by Gasteiger charge is -2.39. The van der Waals surface area contributed by atoms with Gasteiger partial charge < -0.3 is 25.4 Å². The zero-order chi connectivity index (χ0) is 23.6. The standard InChI is InChI=1S/C24H31N5O4/c1-4-17(25-3)14-18(5-2)29(24(30,31)32)22-10-9-21-20-8-7-19(28-12-6-11-26-28)13-16(20)15-33-23(21)27-22/h6-13,17-18,25,30-32H,4-5,14-15H2,1-3H3. The van der Waals surface area contributed by atoms with Gasteiger partial charge in [0, 0.05) is 30.0 Å². The molecular formula is C24H31N5O4. The van der Waals surface area contributed by atoms with Gasteiger partial charge in [-0.3, -0.25) is 4.90 Å². The summed E-state index contributed by atoms with van der Waals surface area (Å²) in [6.45, 7) is 4.32. The molecule has 2 atom stereocenters. The SMILES string of the molecule is CCC(CC(CC)N(c1ccc2c(n1)OCc1cc(-n3cccn3)ccc1-2)C(O)(O)O)NC. The van der Waals surface area contributed by atoms with Crippen LogP contribution in [0.3, 0.4) is 0 Å². The van der Waals surface area contributed by atoms with Gasteiger partial charge in [-0.05, 0) is 67.8 Å². The fourth-order valence-corrected chi connectivity index (χ4v) is 4.41. The molecule has 0 radical (unpaired) electrons. The lowest BCUT2D eigenvalue weighted by Crippen LogP contribution is -2.55. The number of anilines is 1. The summed E-state index contributed by atoms with van der Waals surface area (Å²) in [5.74, 6) is 0.618. The molecule has 0 amide bonds. The molecule has 0 bridgehead atoms. The number of aliphatic hydroxyl groups is 3. The maximum atomic E-state index is 10.2. The number of aromatic nitrogens is 3. The van der Waals surface area contributed by atoms with Crippen molar-refractivity contribution >= 4 is 5.82 Å². The van der Waals surface area contributed by atoms with Crippen LogP contribution in [0.2, 0.25) is 0 Å². The third-order valence-electron chi connectivity index (χ3n) is 6.22. The quantitative estimate of drug-likeness (QED) is 0.365. The highest BCUT2D eigenvalue weighted by atomic mass is 16.7.